The molecule has 0 bridgehead atoms. The van der Waals surface area contributed by atoms with Crippen molar-refractivity contribution < 1.29 is 0 Å². The van der Waals surface area contributed by atoms with Gasteiger partial charge in [0, 0.05) is 31.0 Å². The van der Waals surface area contributed by atoms with Crippen LogP contribution in [0.1, 0.15) is 40.0 Å². The first kappa shape index (κ1) is 13.1. The molecule has 0 aliphatic carbocycles. The third kappa shape index (κ3) is 2.56. The molecule has 1 aromatic heterocycles. The number of aromatic nitrogens is 2. The Morgan fingerprint density at radius 1 is 1.39 bits per heavy atom. The number of nitrogens with one attached hydrogen (secondary N) is 1. The minimum Gasteiger partial charge on any atom is -0.311 e. The van der Waals surface area contributed by atoms with Crippen molar-refractivity contribution in [1.82, 2.24) is 14.6 Å². The molecule has 2 rings (SSSR count). The van der Waals surface area contributed by atoms with Gasteiger partial charge < -0.3 is 4.57 Å². The molecule has 5 heteroatoms. The van der Waals surface area contributed by atoms with E-state index in [9.17, 15) is 4.79 Å². The van der Waals surface area contributed by atoms with Gasteiger partial charge >= 0.3 is 0 Å². The topological polar surface area (TPSA) is 50.2 Å². The summed E-state index contributed by atoms with van der Waals surface area (Å²) in [6.07, 6.45) is 6.96. The Morgan fingerprint density at radius 2 is 2.06 bits per heavy atom. The summed E-state index contributed by atoms with van der Waals surface area (Å²) in [6, 6.07) is 0.871. The molecule has 5 nitrogen and oxygen atoms in total. The molecule has 1 N–H and O–H groups in total. The third-order valence-corrected chi connectivity index (χ3v) is 3.68. The molecular formula is C13H22N4O. The van der Waals surface area contributed by atoms with E-state index in [-0.39, 0.29) is 5.56 Å². The second kappa shape index (κ2) is 5.52. The van der Waals surface area contributed by atoms with E-state index in [0.717, 1.165) is 12.8 Å². The normalized spacial score (nSPS) is 25.1. The van der Waals surface area contributed by atoms with E-state index < -0.39 is 0 Å². The molecule has 1 aromatic rings. The molecule has 0 spiro atoms. The first-order valence-electron chi connectivity index (χ1n) is 6.74. The number of hydrogen-bond acceptors (Lipinski definition) is 4. The van der Waals surface area contributed by atoms with Crippen molar-refractivity contribution in [3.8, 4) is 0 Å². The zero-order valence-corrected chi connectivity index (χ0v) is 11.4. The lowest BCUT2D eigenvalue weighted by atomic mass is 10.00. The van der Waals surface area contributed by atoms with Gasteiger partial charge in [-0.1, -0.05) is 6.42 Å². The Balaban J connectivity index is 2.20. The van der Waals surface area contributed by atoms with Gasteiger partial charge in [-0.3, -0.25) is 10.2 Å². The minimum atomic E-state index is -0.0510. The van der Waals surface area contributed by atoms with Crippen LogP contribution in [0.25, 0.3) is 0 Å². The van der Waals surface area contributed by atoms with Crippen LogP contribution in [-0.2, 0) is 6.54 Å². The van der Waals surface area contributed by atoms with E-state index >= 15 is 0 Å². The number of piperidine rings is 1. The smallest absolute Gasteiger partial charge is 0.294 e. The summed E-state index contributed by atoms with van der Waals surface area (Å²) >= 11 is 0. The van der Waals surface area contributed by atoms with Gasteiger partial charge in [0.1, 0.15) is 0 Å². The molecule has 18 heavy (non-hydrogen) atoms. The lowest BCUT2D eigenvalue weighted by Crippen LogP contribution is -2.48. The molecule has 1 saturated heterocycles. The second-order valence-electron chi connectivity index (χ2n) is 5.02. The predicted octanol–water partition coefficient (Wildman–Crippen LogP) is 1.85. The number of nitrogens with zero attached hydrogens (tertiary/aromatic N) is 3. The van der Waals surface area contributed by atoms with Gasteiger partial charge in [0.2, 0.25) is 5.82 Å². The summed E-state index contributed by atoms with van der Waals surface area (Å²) < 4.78 is 1.66. The molecule has 100 valence electrons. The summed E-state index contributed by atoms with van der Waals surface area (Å²) in [6.45, 7) is 6.99. The van der Waals surface area contributed by atoms with Crippen LogP contribution in [0, 0.1) is 0 Å². The molecule has 0 aromatic carbocycles. The maximum absolute atomic E-state index is 12.1. The van der Waals surface area contributed by atoms with Crippen molar-refractivity contribution >= 4 is 5.82 Å². The molecular weight excluding hydrogens is 228 g/mol. The molecule has 0 saturated carbocycles. The zero-order chi connectivity index (χ0) is 13.1. The van der Waals surface area contributed by atoms with Crippen molar-refractivity contribution in [2.45, 2.75) is 58.7 Å². The Morgan fingerprint density at radius 3 is 2.67 bits per heavy atom. The third-order valence-electron chi connectivity index (χ3n) is 3.68. The molecule has 2 unspecified atom stereocenters. The molecule has 0 radical (unpaired) electrons. The zero-order valence-electron chi connectivity index (χ0n) is 11.4. The second-order valence-corrected chi connectivity index (χ2v) is 5.02. The summed E-state index contributed by atoms with van der Waals surface area (Å²) in [5, 5.41) is 2.16. The first-order chi connectivity index (χ1) is 8.63. The van der Waals surface area contributed by atoms with E-state index in [0.29, 0.717) is 24.4 Å². The molecule has 2 heterocycles. The van der Waals surface area contributed by atoms with Gasteiger partial charge in [0.15, 0.2) is 0 Å². The van der Waals surface area contributed by atoms with Gasteiger partial charge in [0.25, 0.3) is 5.56 Å². The van der Waals surface area contributed by atoms with E-state index in [2.05, 4.69) is 29.3 Å². The molecule has 0 amide bonds. The Hall–Kier alpha value is -1.36. The number of hydrazine groups is 1. The standard InChI is InChI=1S/C13H22N4O/c1-4-16-9-8-14-12(13(16)18)15-17-10(2)6-5-7-11(17)3/h8-11H,4-7H2,1-3H3,(H,14,15). The van der Waals surface area contributed by atoms with E-state index in [1.165, 1.54) is 6.42 Å². The number of rotatable bonds is 3. The lowest BCUT2D eigenvalue weighted by molar-refractivity contribution is 0.134. The monoisotopic (exact) mass is 250 g/mol. The molecule has 1 fully saturated rings. The van der Waals surface area contributed by atoms with Crippen molar-refractivity contribution in [3.05, 3.63) is 22.7 Å². The SMILES string of the molecule is CCn1ccnc(NN2C(C)CCCC2C)c1=O. The quantitative estimate of drug-likeness (QED) is 0.889. The highest BCUT2D eigenvalue weighted by Crippen LogP contribution is 2.21. The summed E-state index contributed by atoms with van der Waals surface area (Å²) in [5.74, 6) is 0.431. The van der Waals surface area contributed by atoms with Crippen LogP contribution in [0.15, 0.2) is 17.2 Å². The number of anilines is 1. The van der Waals surface area contributed by atoms with Crippen LogP contribution in [-0.4, -0.2) is 26.6 Å². The average molecular weight is 250 g/mol. The largest absolute Gasteiger partial charge is 0.311 e. The fourth-order valence-electron chi connectivity index (χ4n) is 2.54. The molecule has 1 aliphatic rings. The maximum atomic E-state index is 12.1. The number of aryl methyl sites for hydroxylation is 1. The van der Waals surface area contributed by atoms with Crippen molar-refractivity contribution in [3.63, 3.8) is 0 Å². The van der Waals surface area contributed by atoms with Gasteiger partial charge in [-0.2, -0.15) is 0 Å². The summed E-state index contributed by atoms with van der Waals surface area (Å²) in [7, 11) is 0. The van der Waals surface area contributed by atoms with E-state index in [1.54, 1.807) is 17.0 Å². The van der Waals surface area contributed by atoms with Crippen LogP contribution in [0.2, 0.25) is 0 Å². The summed E-state index contributed by atoms with van der Waals surface area (Å²) in [5.41, 5.74) is 3.16. The Kier molecular flexibility index (Phi) is 4.01. The highest BCUT2D eigenvalue weighted by atomic mass is 16.1. The Bertz CT molecular complexity index is 447. The molecule has 1 aliphatic heterocycles. The molecule has 2 atom stereocenters. The van der Waals surface area contributed by atoms with Crippen molar-refractivity contribution in [2.24, 2.45) is 0 Å². The average Bonchev–Trinajstić information content (AvgIpc) is 2.36. The van der Waals surface area contributed by atoms with Crippen molar-refractivity contribution in [1.29, 1.82) is 0 Å². The van der Waals surface area contributed by atoms with Crippen LogP contribution >= 0.6 is 0 Å². The summed E-state index contributed by atoms with van der Waals surface area (Å²) in [4.78, 5) is 16.3. The van der Waals surface area contributed by atoms with Crippen molar-refractivity contribution in [2.75, 3.05) is 5.43 Å². The van der Waals surface area contributed by atoms with Crippen LogP contribution < -0.4 is 11.0 Å². The predicted molar refractivity (Wildman–Crippen MR) is 72.4 cm³/mol. The van der Waals surface area contributed by atoms with E-state index in [1.807, 2.05) is 6.92 Å². The fourth-order valence-corrected chi connectivity index (χ4v) is 2.54. The van der Waals surface area contributed by atoms with Gasteiger partial charge in [-0.15, -0.1) is 0 Å². The highest BCUT2D eigenvalue weighted by Gasteiger charge is 2.25. The highest BCUT2D eigenvalue weighted by molar-refractivity contribution is 5.29. The lowest BCUT2D eigenvalue weighted by Gasteiger charge is -2.38. The van der Waals surface area contributed by atoms with Crippen LogP contribution in [0.4, 0.5) is 5.82 Å². The fraction of sp³-hybridized carbons (Fsp3) is 0.692. The number of hydrogen-bond donors (Lipinski definition) is 1. The first-order valence-corrected chi connectivity index (χ1v) is 6.74. The maximum Gasteiger partial charge on any atom is 0.294 e. The van der Waals surface area contributed by atoms with Gasteiger partial charge in [-0.05, 0) is 33.6 Å². The van der Waals surface area contributed by atoms with Crippen LogP contribution in [0.3, 0.4) is 0 Å². The van der Waals surface area contributed by atoms with E-state index in [4.69, 9.17) is 0 Å². The minimum absolute atomic E-state index is 0.0510. The Labute approximate surface area is 108 Å². The van der Waals surface area contributed by atoms with Gasteiger partial charge in [-0.25, -0.2) is 9.99 Å². The van der Waals surface area contributed by atoms with Crippen LogP contribution in [0.5, 0.6) is 0 Å². The van der Waals surface area contributed by atoms with Gasteiger partial charge in [0.05, 0.1) is 0 Å².